The van der Waals surface area contributed by atoms with Crippen molar-refractivity contribution < 1.29 is 14.6 Å². The Hall–Kier alpha value is -2.25. The Balaban J connectivity index is 0.000000246. The summed E-state index contributed by atoms with van der Waals surface area (Å²) in [5, 5.41) is 10.4. The van der Waals surface area contributed by atoms with Gasteiger partial charge in [0.25, 0.3) is 0 Å². The molecule has 0 atom stereocenters. The SMILES string of the molecule is BrC#Cc1ccc2ccccc2c1.COC=CC(=O)O. The normalized spacial score (nSPS) is 9.30. The molecule has 2 rings (SSSR count). The average Bonchev–Trinajstić information content (AvgIpc) is 2.46. The Morgan fingerprint density at radius 2 is 1.95 bits per heavy atom. The lowest BCUT2D eigenvalue weighted by Gasteiger charge is -1.96. The first-order valence-corrected chi connectivity index (χ1v) is 6.49. The molecule has 0 unspecified atom stereocenters. The summed E-state index contributed by atoms with van der Waals surface area (Å²) in [6, 6.07) is 14.5. The maximum atomic E-state index is 9.59. The van der Waals surface area contributed by atoms with Crippen molar-refractivity contribution in [3.63, 3.8) is 0 Å². The highest BCUT2D eigenvalue weighted by molar-refractivity contribution is 9.12. The molecular weight excluding hydrogens is 320 g/mol. The highest BCUT2D eigenvalue weighted by Crippen LogP contribution is 2.14. The van der Waals surface area contributed by atoms with E-state index in [4.69, 9.17) is 5.11 Å². The average molecular weight is 333 g/mol. The molecule has 0 aliphatic carbocycles. The van der Waals surface area contributed by atoms with E-state index >= 15 is 0 Å². The standard InChI is InChI=1S/C12H7Br.C4H6O3/c13-8-7-10-5-6-11-3-1-2-4-12(11)9-10;1-7-3-2-4(5)6/h1-6,9H;2-3H,1H3,(H,5,6). The maximum Gasteiger partial charge on any atom is 0.331 e. The van der Waals surface area contributed by atoms with Gasteiger partial charge in [0.1, 0.15) is 0 Å². The van der Waals surface area contributed by atoms with Crippen molar-refractivity contribution in [1.82, 2.24) is 0 Å². The number of aliphatic carboxylic acids is 1. The van der Waals surface area contributed by atoms with E-state index < -0.39 is 5.97 Å². The van der Waals surface area contributed by atoms with Crippen LogP contribution in [0.4, 0.5) is 0 Å². The number of fused-ring (bicyclic) bond motifs is 1. The lowest BCUT2D eigenvalue weighted by atomic mass is 10.1. The van der Waals surface area contributed by atoms with Crippen molar-refractivity contribution >= 4 is 32.7 Å². The van der Waals surface area contributed by atoms with Crippen molar-refractivity contribution in [2.75, 3.05) is 7.11 Å². The molecule has 0 bridgehead atoms. The van der Waals surface area contributed by atoms with E-state index in [0.717, 1.165) is 17.9 Å². The highest BCUT2D eigenvalue weighted by atomic mass is 79.9. The van der Waals surface area contributed by atoms with E-state index in [0.29, 0.717) is 0 Å². The van der Waals surface area contributed by atoms with Crippen molar-refractivity contribution in [2.45, 2.75) is 0 Å². The van der Waals surface area contributed by atoms with E-state index in [2.05, 4.69) is 55.7 Å². The van der Waals surface area contributed by atoms with Gasteiger partial charge in [-0.1, -0.05) is 36.3 Å². The van der Waals surface area contributed by atoms with Crippen LogP contribution in [0.25, 0.3) is 10.8 Å². The summed E-state index contributed by atoms with van der Waals surface area (Å²) in [6.45, 7) is 0. The zero-order chi connectivity index (χ0) is 14.8. The predicted octanol–water partition coefficient (Wildman–Crippen LogP) is 3.77. The Kier molecular flexibility index (Phi) is 6.94. The first kappa shape index (κ1) is 15.8. The van der Waals surface area contributed by atoms with Gasteiger partial charge in [-0.15, -0.1) is 0 Å². The zero-order valence-electron chi connectivity index (χ0n) is 10.8. The third-order valence-corrected chi connectivity index (χ3v) is 2.49. The minimum atomic E-state index is -0.998. The van der Waals surface area contributed by atoms with E-state index in [1.807, 2.05) is 18.2 Å². The van der Waals surface area contributed by atoms with Crippen LogP contribution in [0.15, 0.2) is 54.8 Å². The van der Waals surface area contributed by atoms with E-state index in [1.54, 1.807) is 0 Å². The van der Waals surface area contributed by atoms with Gasteiger partial charge in [0.05, 0.1) is 19.4 Å². The van der Waals surface area contributed by atoms with Crippen LogP contribution in [0.1, 0.15) is 5.56 Å². The molecule has 102 valence electrons. The molecule has 0 aliphatic heterocycles. The molecule has 4 heteroatoms. The third-order valence-electron chi connectivity index (χ3n) is 2.29. The van der Waals surface area contributed by atoms with Crippen LogP contribution >= 0.6 is 15.9 Å². The Morgan fingerprint density at radius 1 is 1.25 bits per heavy atom. The van der Waals surface area contributed by atoms with Crippen LogP contribution < -0.4 is 0 Å². The molecule has 0 fully saturated rings. The van der Waals surface area contributed by atoms with Crippen LogP contribution in [-0.2, 0) is 9.53 Å². The maximum absolute atomic E-state index is 9.59. The Labute approximate surface area is 126 Å². The molecular formula is C16H13BrO3. The monoisotopic (exact) mass is 332 g/mol. The first-order chi connectivity index (χ1) is 9.67. The molecule has 2 aromatic rings. The summed E-state index contributed by atoms with van der Waals surface area (Å²) in [6.07, 6.45) is 2.02. The molecule has 1 N–H and O–H groups in total. The lowest BCUT2D eigenvalue weighted by Crippen LogP contribution is -1.85. The van der Waals surface area contributed by atoms with E-state index in [9.17, 15) is 4.79 Å². The van der Waals surface area contributed by atoms with Crippen molar-refractivity contribution in [3.05, 3.63) is 60.4 Å². The number of benzene rings is 2. The van der Waals surface area contributed by atoms with Crippen LogP contribution in [-0.4, -0.2) is 18.2 Å². The number of carboxylic acids is 1. The molecule has 0 radical (unpaired) electrons. The highest BCUT2D eigenvalue weighted by Gasteiger charge is 1.91. The first-order valence-electron chi connectivity index (χ1n) is 5.70. The second-order valence-corrected chi connectivity index (χ2v) is 4.05. The minimum Gasteiger partial charge on any atom is -0.504 e. The fourth-order valence-corrected chi connectivity index (χ4v) is 1.68. The quantitative estimate of drug-likeness (QED) is 0.517. The number of carboxylic acid groups (broad SMARTS) is 1. The van der Waals surface area contributed by atoms with Crippen LogP contribution in [0.2, 0.25) is 0 Å². The molecule has 20 heavy (non-hydrogen) atoms. The van der Waals surface area contributed by atoms with Gasteiger partial charge in [0, 0.05) is 21.5 Å². The van der Waals surface area contributed by atoms with Crippen molar-refractivity contribution in [2.24, 2.45) is 0 Å². The summed E-state index contributed by atoms with van der Waals surface area (Å²) in [5.41, 5.74) is 1.04. The number of carbonyl (C=O) groups is 1. The topological polar surface area (TPSA) is 46.5 Å². The Morgan fingerprint density at radius 3 is 2.50 bits per heavy atom. The summed E-state index contributed by atoms with van der Waals surface area (Å²) in [7, 11) is 1.39. The Bertz CT molecular complexity index is 666. The summed E-state index contributed by atoms with van der Waals surface area (Å²) >= 11 is 3.09. The van der Waals surface area contributed by atoms with E-state index in [-0.39, 0.29) is 0 Å². The van der Waals surface area contributed by atoms with Gasteiger partial charge >= 0.3 is 5.97 Å². The number of halogens is 1. The molecule has 3 nitrogen and oxygen atoms in total. The number of methoxy groups -OCH3 is 1. The van der Waals surface area contributed by atoms with Gasteiger partial charge in [0.2, 0.25) is 0 Å². The minimum absolute atomic E-state index is 0.917. The van der Waals surface area contributed by atoms with Gasteiger partial charge in [-0.3, -0.25) is 0 Å². The number of ether oxygens (including phenoxy) is 1. The van der Waals surface area contributed by atoms with E-state index in [1.165, 1.54) is 17.9 Å². The smallest absolute Gasteiger partial charge is 0.331 e. The third kappa shape index (κ3) is 5.59. The molecule has 0 spiro atoms. The zero-order valence-corrected chi connectivity index (χ0v) is 12.4. The summed E-state index contributed by atoms with van der Waals surface area (Å²) in [5.74, 6) is 1.97. The molecule has 0 aromatic heterocycles. The molecule has 0 aliphatic rings. The fourth-order valence-electron chi connectivity index (χ4n) is 1.45. The summed E-state index contributed by atoms with van der Waals surface area (Å²) in [4.78, 5) is 12.3. The summed E-state index contributed by atoms with van der Waals surface area (Å²) < 4.78 is 4.29. The molecule has 2 aromatic carbocycles. The fraction of sp³-hybridized carbons (Fsp3) is 0.0625. The molecule has 0 saturated heterocycles. The predicted molar refractivity (Wildman–Crippen MR) is 83.5 cm³/mol. The molecule has 0 heterocycles. The largest absolute Gasteiger partial charge is 0.504 e. The van der Waals surface area contributed by atoms with Gasteiger partial charge in [0.15, 0.2) is 0 Å². The van der Waals surface area contributed by atoms with Gasteiger partial charge in [-0.25, -0.2) is 4.79 Å². The number of hydrogen-bond donors (Lipinski definition) is 1. The molecule has 0 saturated carbocycles. The van der Waals surface area contributed by atoms with Crippen molar-refractivity contribution in [3.8, 4) is 10.8 Å². The van der Waals surface area contributed by atoms with Crippen molar-refractivity contribution in [1.29, 1.82) is 0 Å². The van der Waals surface area contributed by atoms with Crippen LogP contribution in [0, 0.1) is 10.8 Å². The second-order valence-electron chi connectivity index (χ2n) is 3.66. The molecule has 0 amide bonds. The number of rotatable bonds is 2. The van der Waals surface area contributed by atoms with Crippen LogP contribution in [0.3, 0.4) is 0 Å². The number of hydrogen-bond acceptors (Lipinski definition) is 2. The van der Waals surface area contributed by atoms with Gasteiger partial charge < -0.3 is 9.84 Å². The second kappa shape index (κ2) is 8.78. The van der Waals surface area contributed by atoms with Crippen LogP contribution in [0.5, 0.6) is 0 Å². The van der Waals surface area contributed by atoms with Gasteiger partial charge in [-0.05, 0) is 27.7 Å². The lowest BCUT2D eigenvalue weighted by molar-refractivity contribution is -0.131. The van der Waals surface area contributed by atoms with Gasteiger partial charge in [-0.2, -0.15) is 0 Å².